The number of rotatable bonds is 7. The highest BCUT2D eigenvalue weighted by molar-refractivity contribution is 5.73. The Kier molecular flexibility index (Phi) is 6.20. The summed E-state index contributed by atoms with van der Waals surface area (Å²) < 4.78 is 5.30. The van der Waals surface area contributed by atoms with Crippen LogP contribution in [0.15, 0.2) is 40.9 Å². The van der Waals surface area contributed by atoms with Crippen LogP contribution in [0.2, 0.25) is 0 Å². The molecule has 0 spiro atoms. The van der Waals surface area contributed by atoms with Gasteiger partial charge in [0.15, 0.2) is 5.76 Å². The fraction of sp³-hybridized carbons (Fsp3) is 0.474. The molecule has 1 aromatic heterocycles. The molecule has 1 aromatic carbocycles. The largest absolute Gasteiger partial charge is 0.392 e. The fourth-order valence-corrected chi connectivity index (χ4v) is 2.68. The molecule has 0 fully saturated rings. The molecule has 136 valence electrons. The van der Waals surface area contributed by atoms with E-state index in [4.69, 9.17) is 4.52 Å². The average Bonchev–Trinajstić information content (AvgIpc) is 3.07. The summed E-state index contributed by atoms with van der Waals surface area (Å²) in [5.41, 5.74) is 1.19. The molecular formula is C19H27N3O3. The van der Waals surface area contributed by atoms with Crippen LogP contribution in [-0.2, 0) is 6.54 Å². The van der Waals surface area contributed by atoms with E-state index in [1.54, 1.807) is 0 Å². The van der Waals surface area contributed by atoms with Crippen LogP contribution in [0.3, 0.4) is 0 Å². The summed E-state index contributed by atoms with van der Waals surface area (Å²) in [6, 6.07) is 11.2. The molecule has 0 radical (unpaired) electrons. The van der Waals surface area contributed by atoms with Crippen LogP contribution in [0.1, 0.15) is 33.4 Å². The van der Waals surface area contributed by atoms with Crippen molar-refractivity contribution < 1.29 is 14.4 Å². The Morgan fingerprint density at radius 3 is 2.56 bits per heavy atom. The lowest BCUT2D eigenvalue weighted by molar-refractivity contribution is 0.0151. The average molecular weight is 345 g/mol. The van der Waals surface area contributed by atoms with Gasteiger partial charge in [-0.05, 0) is 5.92 Å². The minimum Gasteiger partial charge on any atom is -0.392 e. The van der Waals surface area contributed by atoms with Crippen molar-refractivity contribution in [3.8, 4) is 11.3 Å². The summed E-state index contributed by atoms with van der Waals surface area (Å²) in [4.78, 5) is 12.0. The zero-order valence-electron chi connectivity index (χ0n) is 15.2. The molecular weight excluding hydrogens is 318 g/mol. The minimum absolute atomic E-state index is 0.131. The molecule has 0 bridgehead atoms. The van der Waals surface area contributed by atoms with Crippen molar-refractivity contribution in [1.29, 1.82) is 0 Å². The SMILES string of the molecule is CC(C)C(O)C(C)(C)CNC(=O)NCc1cc(-c2ccccc2)on1. The van der Waals surface area contributed by atoms with Gasteiger partial charge in [0, 0.05) is 23.6 Å². The number of carbonyl (C=O) groups excluding carboxylic acids is 1. The lowest BCUT2D eigenvalue weighted by Crippen LogP contribution is -2.46. The number of nitrogens with one attached hydrogen (secondary N) is 2. The molecule has 25 heavy (non-hydrogen) atoms. The van der Waals surface area contributed by atoms with Crippen molar-refractivity contribution in [2.24, 2.45) is 11.3 Å². The summed E-state index contributed by atoms with van der Waals surface area (Å²) in [6.45, 7) is 8.44. The predicted octanol–water partition coefficient (Wildman–Crippen LogP) is 3.18. The number of aromatic nitrogens is 1. The first-order valence-electron chi connectivity index (χ1n) is 8.50. The van der Waals surface area contributed by atoms with Crippen LogP contribution in [0.25, 0.3) is 11.3 Å². The highest BCUT2D eigenvalue weighted by atomic mass is 16.5. The molecule has 1 heterocycles. The minimum atomic E-state index is -0.489. The standard InChI is InChI=1S/C19H27N3O3/c1-13(2)17(23)19(3,4)12-21-18(24)20-11-15-10-16(25-22-15)14-8-6-5-7-9-14/h5-10,13,17,23H,11-12H2,1-4H3,(H2,20,21,24). The number of hydrogen-bond acceptors (Lipinski definition) is 4. The second-order valence-electron chi connectivity index (χ2n) is 7.26. The molecule has 1 unspecified atom stereocenters. The van der Waals surface area contributed by atoms with Crippen LogP contribution in [0.5, 0.6) is 0 Å². The highest BCUT2D eigenvalue weighted by Crippen LogP contribution is 2.25. The summed E-state index contributed by atoms with van der Waals surface area (Å²) in [7, 11) is 0. The second-order valence-corrected chi connectivity index (χ2v) is 7.26. The van der Waals surface area contributed by atoms with Crippen LogP contribution < -0.4 is 10.6 Å². The Balaban J connectivity index is 1.82. The lowest BCUT2D eigenvalue weighted by atomic mass is 9.81. The third-order valence-electron chi connectivity index (χ3n) is 4.18. The number of hydrogen-bond donors (Lipinski definition) is 3. The van der Waals surface area contributed by atoms with Crippen molar-refractivity contribution in [3.05, 3.63) is 42.1 Å². The molecule has 0 aliphatic carbocycles. The van der Waals surface area contributed by atoms with E-state index in [0.29, 0.717) is 18.0 Å². The number of benzene rings is 1. The zero-order valence-corrected chi connectivity index (χ0v) is 15.2. The number of urea groups is 1. The van der Waals surface area contributed by atoms with Gasteiger partial charge in [-0.1, -0.05) is 63.2 Å². The number of carbonyl (C=O) groups is 1. The topological polar surface area (TPSA) is 87.4 Å². The molecule has 1 atom stereocenters. The maximum absolute atomic E-state index is 12.0. The lowest BCUT2D eigenvalue weighted by Gasteiger charge is -2.33. The third kappa shape index (κ3) is 5.32. The molecule has 0 saturated heterocycles. The fourth-order valence-electron chi connectivity index (χ4n) is 2.68. The van der Waals surface area contributed by atoms with Gasteiger partial charge < -0.3 is 20.3 Å². The first-order chi connectivity index (χ1) is 11.8. The maximum atomic E-state index is 12.0. The van der Waals surface area contributed by atoms with Crippen LogP contribution in [0.4, 0.5) is 4.79 Å². The molecule has 6 heteroatoms. The van der Waals surface area contributed by atoms with Gasteiger partial charge in [0.2, 0.25) is 0 Å². The van der Waals surface area contributed by atoms with Gasteiger partial charge in [0.25, 0.3) is 0 Å². The van der Waals surface area contributed by atoms with Gasteiger partial charge in [-0.25, -0.2) is 4.79 Å². The summed E-state index contributed by atoms with van der Waals surface area (Å²) in [5, 5.41) is 19.7. The molecule has 0 aliphatic heterocycles. The van der Waals surface area contributed by atoms with E-state index in [9.17, 15) is 9.90 Å². The maximum Gasteiger partial charge on any atom is 0.315 e. The monoisotopic (exact) mass is 345 g/mol. The molecule has 2 rings (SSSR count). The van der Waals surface area contributed by atoms with Crippen molar-refractivity contribution in [2.75, 3.05) is 6.54 Å². The summed E-state index contributed by atoms with van der Waals surface area (Å²) >= 11 is 0. The van der Waals surface area contributed by atoms with E-state index < -0.39 is 11.5 Å². The second kappa shape index (κ2) is 8.16. The van der Waals surface area contributed by atoms with Crippen molar-refractivity contribution in [2.45, 2.75) is 40.3 Å². The van der Waals surface area contributed by atoms with Crippen molar-refractivity contribution in [1.82, 2.24) is 15.8 Å². The Bertz CT molecular complexity index is 680. The van der Waals surface area contributed by atoms with Crippen LogP contribution >= 0.6 is 0 Å². The van der Waals surface area contributed by atoms with Crippen LogP contribution in [0, 0.1) is 11.3 Å². The number of aliphatic hydroxyl groups excluding tert-OH is 1. The number of aliphatic hydroxyl groups is 1. The summed E-state index contributed by atoms with van der Waals surface area (Å²) in [6.07, 6.45) is -0.489. The van der Waals surface area contributed by atoms with E-state index >= 15 is 0 Å². The molecule has 0 aliphatic rings. The molecule has 2 amide bonds. The Hall–Kier alpha value is -2.34. The van der Waals surface area contributed by atoms with E-state index in [2.05, 4.69) is 15.8 Å². The predicted molar refractivity (Wildman–Crippen MR) is 96.8 cm³/mol. The molecule has 6 nitrogen and oxygen atoms in total. The third-order valence-corrected chi connectivity index (χ3v) is 4.18. The highest BCUT2D eigenvalue weighted by Gasteiger charge is 2.30. The van der Waals surface area contributed by atoms with Gasteiger partial charge >= 0.3 is 6.03 Å². The molecule has 0 saturated carbocycles. The number of amides is 2. The Morgan fingerprint density at radius 2 is 1.92 bits per heavy atom. The van der Waals surface area contributed by atoms with E-state index in [-0.39, 0.29) is 18.5 Å². The summed E-state index contributed by atoms with van der Waals surface area (Å²) in [5.74, 6) is 0.797. The first-order valence-corrected chi connectivity index (χ1v) is 8.50. The smallest absolute Gasteiger partial charge is 0.315 e. The van der Waals surface area contributed by atoms with Gasteiger partial charge in [0.1, 0.15) is 5.69 Å². The van der Waals surface area contributed by atoms with Crippen molar-refractivity contribution in [3.63, 3.8) is 0 Å². The van der Waals surface area contributed by atoms with Gasteiger partial charge in [-0.2, -0.15) is 0 Å². The Labute approximate surface area is 148 Å². The van der Waals surface area contributed by atoms with Crippen LogP contribution in [-0.4, -0.2) is 28.9 Å². The Morgan fingerprint density at radius 1 is 1.24 bits per heavy atom. The van der Waals surface area contributed by atoms with E-state index in [1.807, 2.05) is 64.1 Å². The van der Waals surface area contributed by atoms with Gasteiger partial charge in [0.05, 0.1) is 12.6 Å². The quantitative estimate of drug-likeness (QED) is 0.719. The molecule has 2 aromatic rings. The van der Waals surface area contributed by atoms with Crippen molar-refractivity contribution >= 4 is 6.03 Å². The number of nitrogens with zero attached hydrogens (tertiary/aromatic N) is 1. The normalized spacial score (nSPS) is 12.9. The van der Waals surface area contributed by atoms with Gasteiger partial charge in [-0.3, -0.25) is 0 Å². The van der Waals surface area contributed by atoms with Gasteiger partial charge in [-0.15, -0.1) is 0 Å². The van der Waals surface area contributed by atoms with E-state index in [1.165, 1.54) is 0 Å². The van der Waals surface area contributed by atoms with E-state index in [0.717, 1.165) is 5.56 Å². The zero-order chi connectivity index (χ0) is 18.4. The molecule has 3 N–H and O–H groups in total. The first kappa shape index (κ1) is 19.0.